The van der Waals surface area contributed by atoms with Gasteiger partial charge in [0.1, 0.15) is 0 Å². The summed E-state index contributed by atoms with van der Waals surface area (Å²) in [5, 5.41) is 7.44. The lowest BCUT2D eigenvalue weighted by molar-refractivity contribution is 0.0664. The highest BCUT2D eigenvalue weighted by Crippen LogP contribution is 2.27. The first-order chi connectivity index (χ1) is 13.6. The van der Waals surface area contributed by atoms with E-state index in [0.29, 0.717) is 15.8 Å². The molecule has 1 aromatic heterocycles. The number of amides is 1. The summed E-state index contributed by atoms with van der Waals surface area (Å²) in [5.74, 6) is 0.0826. The number of para-hydroxylation sites is 1. The summed E-state index contributed by atoms with van der Waals surface area (Å²) in [6.45, 7) is 3.35. The van der Waals surface area contributed by atoms with Crippen LogP contribution in [0.15, 0.2) is 48.5 Å². The normalized spacial score (nSPS) is 14.8. The van der Waals surface area contributed by atoms with Gasteiger partial charge in [0.25, 0.3) is 5.91 Å². The van der Waals surface area contributed by atoms with Gasteiger partial charge in [-0.2, -0.15) is 0 Å². The second-order valence-corrected chi connectivity index (χ2v) is 8.18. The van der Waals surface area contributed by atoms with E-state index < -0.39 is 0 Å². The third-order valence-corrected chi connectivity index (χ3v) is 5.82. The fourth-order valence-electron chi connectivity index (χ4n) is 3.08. The van der Waals surface area contributed by atoms with E-state index in [9.17, 15) is 4.79 Å². The number of fused-ring (bicyclic) bond motifs is 1. The summed E-state index contributed by atoms with van der Waals surface area (Å²) in [6.07, 6.45) is 0. The van der Waals surface area contributed by atoms with E-state index in [1.54, 1.807) is 0 Å². The zero-order valence-corrected chi connectivity index (χ0v) is 17.1. The highest BCUT2D eigenvalue weighted by molar-refractivity contribution is 7.80. The molecule has 4 rings (SSSR count). The number of hydrogen-bond donors (Lipinski definition) is 2. The van der Waals surface area contributed by atoms with Crippen molar-refractivity contribution in [2.24, 2.45) is 0 Å². The molecule has 0 radical (unpaired) electrons. The highest BCUT2D eigenvalue weighted by atomic mass is 32.1. The molecule has 8 heteroatoms. The number of aromatic nitrogens is 1. The molecule has 144 valence electrons. The molecule has 6 nitrogen and oxygen atoms in total. The second kappa shape index (κ2) is 8.22. The first-order valence-electron chi connectivity index (χ1n) is 9.10. The van der Waals surface area contributed by atoms with Crippen LogP contribution in [0.4, 0.5) is 10.8 Å². The van der Waals surface area contributed by atoms with Crippen molar-refractivity contribution in [3.63, 3.8) is 0 Å². The summed E-state index contributed by atoms with van der Waals surface area (Å²) < 4.78 is 0.963. The van der Waals surface area contributed by atoms with E-state index in [2.05, 4.69) is 27.6 Å². The lowest BCUT2D eigenvalue weighted by atomic mass is 10.1. The number of benzene rings is 2. The van der Waals surface area contributed by atoms with Crippen molar-refractivity contribution < 1.29 is 4.79 Å². The smallest absolute Gasteiger partial charge is 0.253 e. The van der Waals surface area contributed by atoms with Crippen LogP contribution in [0.2, 0.25) is 0 Å². The molecule has 1 fully saturated rings. The number of likely N-dealkylation sites (N-methyl/N-ethyl adjacent to an activating group) is 1. The Hall–Kier alpha value is -2.55. The number of nitrogens with zero attached hydrogens (tertiary/aromatic N) is 3. The summed E-state index contributed by atoms with van der Waals surface area (Å²) in [4.78, 5) is 21.5. The van der Waals surface area contributed by atoms with Gasteiger partial charge in [-0.15, -0.1) is 0 Å². The lowest BCUT2D eigenvalue weighted by Crippen LogP contribution is -2.47. The largest absolute Gasteiger partial charge is 0.336 e. The Labute approximate surface area is 173 Å². The number of carbonyl (C=O) groups is 1. The van der Waals surface area contributed by atoms with E-state index in [1.165, 1.54) is 11.3 Å². The molecule has 3 aromatic rings. The topological polar surface area (TPSA) is 60.5 Å². The van der Waals surface area contributed by atoms with Crippen LogP contribution in [0.25, 0.3) is 10.2 Å². The Bertz CT molecular complexity index is 996. The summed E-state index contributed by atoms with van der Waals surface area (Å²) in [5.41, 5.74) is 2.48. The molecule has 0 saturated carbocycles. The fourth-order valence-corrected chi connectivity index (χ4v) is 4.27. The van der Waals surface area contributed by atoms with Crippen LogP contribution < -0.4 is 10.6 Å². The van der Waals surface area contributed by atoms with Crippen molar-refractivity contribution in [1.82, 2.24) is 14.8 Å². The zero-order chi connectivity index (χ0) is 19.5. The number of nitrogens with one attached hydrogen (secondary N) is 2. The average molecular weight is 412 g/mol. The second-order valence-electron chi connectivity index (χ2n) is 6.74. The number of rotatable bonds is 3. The van der Waals surface area contributed by atoms with E-state index in [-0.39, 0.29) is 5.91 Å². The molecule has 28 heavy (non-hydrogen) atoms. The maximum absolute atomic E-state index is 12.8. The van der Waals surface area contributed by atoms with Gasteiger partial charge in [0.05, 0.1) is 10.2 Å². The van der Waals surface area contributed by atoms with Crippen LogP contribution in [-0.2, 0) is 0 Å². The first-order valence-corrected chi connectivity index (χ1v) is 10.3. The highest BCUT2D eigenvalue weighted by Gasteiger charge is 2.21. The van der Waals surface area contributed by atoms with Crippen molar-refractivity contribution in [3.8, 4) is 0 Å². The van der Waals surface area contributed by atoms with Gasteiger partial charge in [0.15, 0.2) is 10.2 Å². The molecular weight excluding hydrogens is 390 g/mol. The third kappa shape index (κ3) is 4.30. The monoisotopic (exact) mass is 411 g/mol. The van der Waals surface area contributed by atoms with Gasteiger partial charge in [-0.1, -0.05) is 29.5 Å². The molecule has 2 heterocycles. The maximum Gasteiger partial charge on any atom is 0.253 e. The molecule has 1 aliphatic rings. The number of carbonyl (C=O) groups excluding carboxylic acids is 1. The Morgan fingerprint density at radius 2 is 1.82 bits per heavy atom. The third-order valence-electron chi connectivity index (χ3n) is 4.68. The minimum absolute atomic E-state index is 0.0826. The Balaban J connectivity index is 1.45. The molecule has 0 atom stereocenters. The molecule has 0 aliphatic carbocycles. The van der Waals surface area contributed by atoms with Gasteiger partial charge in [-0.3, -0.25) is 4.79 Å². The number of anilines is 2. The summed E-state index contributed by atoms with van der Waals surface area (Å²) in [6, 6.07) is 15.4. The minimum Gasteiger partial charge on any atom is -0.336 e. The van der Waals surface area contributed by atoms with Crippen LogP contribution in [0, 0.1) is 0 Å². The molecule has 0 spiro atoms. The Morgan fingerprint density at radius 3 is 2.57 bits per heavy atom. The molecule has 1 aliphatic heterocycles. The maximum atomic E-state index is 12.8. The lowest BCUT2D eigenvalue weighted by Gasteiger charge is -2.32. The van der Waals surface area contributed by atoms with E-state index in [0.717, 1.165) is 42.1 Å². The van der Waals surface area contributed by atoms with Crippen molar-refractivity contribution in [2.45, 2.75) is 0 Å². The van der Waals surface area contributed by atoms with E-state index in [1.807, 2.05) is 53.4 Å². The van der Waals surface area contributed by atoms with Gasteiger partial charge in [-0.05, 0) is 49.6 Å². The molecule has 1 amide bonds. The van der Waals surface area contributed by atoms with Crippen LogP contribution in [0.5, 0.6) is 0 Å². The van der Waals surface area contributed by atoms with Crippen molar-refractivity contribution in [2.75, 3.05) is 43.9 Å². The van der Waals surface area contributed by atoms with Gasteiger partial charge >= 0.3 is 0 Å². The molecular formula is C20H21N5OS2. The number of thiocarbonyl (C=S) groups is 1. The van der Waals surface area contributed by atoms with Gasteiger partial charge in [0, 0.05) is 37.4 Å². The van der Waals surface area contributed by atoms with Crippen LogP contribution in [-0.4, -0.2) is 59.0 Å². The Kier molecular flexibility index (Phi) is 5.52. The SMILES string of the molecule is CN1CCN(C(=O)c2ccc3nc(NC(=S)Nc4ccccc4)sc3c2)CC1. The van der Waals surface area contributed by atoms with Crippen LogP contribution >= 0.6 is 23.6 Å². The van der Waals surface area contributed by atoms with Crippen LogP contribution in [0.1, 0.15) is 10.4 Å². The van der Waals surface area contributed by atoms with E-state index in [4.69, 9.17) is 12.2 Å². The number of thiazole rings is 1. The van der Waals surface area contributed by atoms with Crippen molar-refractivity contribution >= 4 is 55.6 Å². The molecule has 1 saturated heterocycles. The molecule has 2 aromatic carbocycles. The number of hydrogen-bond acceptors (Lipinski definition) is 5. The van der Waals surface area contributed by atoms with Crippen molar-refractivity contribution in [3.05, 3.63) is 54.1 Å². The summed E-state index contributed by atoms with van der Waals surface area (Å²) >= 11 is 6.85. The number of piperazine rings is 1. The predicted octanol–water partition coefficient (Wildman–Crippen LogP) is 3.49. The fraction of sp³-hybridized carbons (Fsp3) is 0.250. The standard InChI is InChI=1S/C20H21N5OS2/c1-24-9-11-25(12-10-24)18(26)14-7-8-16-17(13-14)28-20(22-16)23-19(27)21-15-5-3-2-4-6-15/h2-8,13H,9-12H2,1H3,(H2,21,22,23,27). The van der Waals surface area contributed by atoms with Crippen molar-refractivity contribution in [1.29, 1.82) is 0 Å². The van der Waals surface area contributed by atoms with Crippen LogP contribution in [0.3, 0.4) is 0 Å². The average Bonchev–Trinajstić information content (AvgIpc) is 3.10. The molecule has 0 unspecified atom stereocenters. The molecule has 0 bridgehead atoms. The van der Waals surface area contributed by atoms with Gasteiger partial charge in [-0.25, -0.2) is 4.98 Å². The minimum atomic E-state index is 0.0826. The zero-order valence-electron chi connectivity index (χ0n) is 15.5. The molecule has 2 N–H and O–H groups in total. The van der Waals surface area contributed by atoms with Gasteiger partial charge < -0.3 is 20.4 Å². The van der Waals surface area contributed by atoms with E-state index >= 15 is 0 Å². The Morgan fingerprint density at radius 1 is 1.07 bits per heavy atom. The summed E-state index contributed by atoms with van der Waals surface area (Å²) in [7, 11) is 2.08. The predicted molar refractivity (Wildman–Crippen MR) is 119 cm³/mol. The van der Waals surface area contributed by atoms with Gasteiger partial charge in [0.2, 0.25) is 0 Å². The quantitative estimate of drug-likeness (QED) is 0.644. The first kappa shape index (κ1) is 18.8.